The van der Waals surface area contributed by atoms with Gasteiger partial charge in [-0.15, -0.1) is 0 Å². The van der Waals surface area contributed by atoms with Gasteiger partial charge in [0.2, 0.25) is 5.91 Å². The lowest BCUT2D eigenvalue weighted by Gasteiger charge is -2.36. The average Bonchev–Trinajstić information content (AvgIpc) is 2.85. The minimum absolute atomic E-state index is 0.246. The van der Waals surface area contributed by atoms with Gasteiger partial charge in [-0.2, -0.15) is 0 Å². The van der Waals surface area contributed by atoms with Gasteiger partial charge in [0.05, 0.1) is 13.1 Å². The fraction of sp³-hybridized carbons (Fsp3) is 0.857. The number of thioether (sulfide) groups is 1. The molecule has 0 aromatic rings. The summed E-state index contributed by atoms with van der Waals surface area (Å²) in [6.45, 7) is 11.3. The molecule has 0 aromatic carbocycles. The third kappa shape index (κ3) is 3.88. The van der Waals surface area contributed by atoms with Crippen molar-refractivity contribution in [3.05, 3.63) is 0 Å². The number of nitrogens with zero attached hydrogens (tertiary/aromatic N) is 4. The molecule has 0 bridgehead atoms. The van der Waals surface area contributed by atoms with Gasteiger partial charge >= 0.3 is 0 Å². The number of rotatable bonds is 3. The van der Waals surface area contributed by atoms with E-state index in [1.165, 1.54) is 5.17 Å². The van der Waals surface area contributed by atoms with Crippen LogP contribution in [0.2, 0.25) is 0 Å². The van der Waals surface area contributed by atoms with Gasteiger partial charge in [0.1, 0.15) is 0 Å². The molecule has 0 radical (unpaired) electrons. The van der Waals surface area contributed by atoms with Crippen LogP contribution in [-0.2, 0) is 4.79 Å². The van der Waals surface area contributed by atoms with Crippen LogP contribution in [0.4, 0.5) is 0 Å². The van der Waals surface area contributed by atoms with Crippen molar-refractivity contribution in [2.75, 3.05) is 46.3 Å². The highest BCUT2D eigenvalue weighted by Crippen LogP contribution is 2.23. The van der Waals surface area contributed by atoms with Crippen LogP contribution in [0.15, 0.2) is 4.99 Å². The second kappa shape index (κ2) is 6.80. The summed E-state index contributed by atoms with van der Waals surface area (Å²) in [5, 5.41) is 1.77. The van der Waals surface area contributed by atoms with Gasteiger partial charge in [-0.3, -0.25) is 14.7 Å². The monoisotopic (exact) mass is 298 g/mol. The van der Waals surface area contributed by atoms with Gasteiger partial charge in [-0.1, -0.05) is 18.7 Å². The standard InChI is InChI=1S/C14H26N4OS/c1-11(2)16(4)10-13(19)17-5-7-18(8-6-17)14-15-9-12(3)20-14/h11-12H,5-10H2,1-4H3/t12-/m0/s1. The molecule has 6 heteroatoms. The lowest BCUT2D eigenvalue weighted by molar-refractivity contribution is -0.133. The first-order valence-electron chi connectivity index (χ1n) is 7.41. The molecule has 0 N–H and O–H groups in total. The molecule has 1 amide bonds. The third-order valence-electron chi connectivity index (χ3n) is 3.96. The topological polar surface area (TPSA) is 39.2 Å². The van der Waals surface area contributed by atoms with Gasteiger partial charge in [0.15, 0.2) is 5.17 Å². The number of likely N-dealkylation sites (N-methyl/N-ethyl adjacent to an activating group) is 1. The molecule has 2 aliphatic heterocycles. The number of carbonyl (C=O) groups is 1. The molecule has 2 aliphatic rings. The Bertz CT molecular complexity index is 377. The van der Waals surface area contributed by atoms with Crippen LogP contribution >= 0.6 is 11.8 Å². The van der Waals surface area contributed by atoms with Crippen LogP contribution in [0.5, 0.6) is 0 Å². The Kier molecular flexibility index (Phi) is 5.32. The minimum Gasteiger partial charge on any atom is -0.348 e. The van der Waals surface area contributed by atoms with E-state index in [2.05, 4.69) is 35.6 Å². The average molecular weight is 298 g/mol. The van der Waals surface area contributed by atoms with E-state index in [9.17, 15) is 4.79 Å². The van der Waals surface area contributed by atoms with Crippen molar-refractivity contribution in [1.82, 2.24) is 14.7 Å². The Labute approximate surface area is 126 Å². The Morgan fingerprint density at radius 3 is 2.55 bits per heavy atom. The van der Waals surface area contributed by atoms with Gasteiger partial charge in [-0.05, 0) is 20.9 Å². The van der Waals surface area contributed by atoms with E-state index in [4.69, 9.17) is 0 Å². The molecule has 1 fully saturated rings. The summed E-state index contributed by atoms with van der Waals surface area (Å²) in [6.07, 6.45) is 0. The summed E-state index contributed by atoms with van der Waals surface area (Å²) in [6, 6.07) is 0.408. The van der Waals surface area contributed by atoms with Crippen molar-refractivity contribution >= 4 is 22.8 Å². The van der Waals surface area contributed by atoms with E-state index in [1.807, 2.05) is 23.7 Å². The normalized spacial score (nSPS) is 23.7. The molecule has 0 saturated carbocycles. The molecule has 0 aromatic heterocycles. The second-order valence-electron chi connectivity index (χ2n) is 5.93. The van der Waals surface area contributed by atoms with Gasteiger partial charge in [0.25, 0.3) is 0 Å². The number of amidine groups is 1. The number of carbonyl (C=O) groups excluding carboxylic acids is 1. The predicted octanol–water partition coefficient (Wildman–Crippen LogP) is 0.962. The molecule has 0 unspecified atom stereocenters. The Morgan fingerprint density at radius 2 is 2.05 bits per heavy atom. The van der Waals surface area contributed by atoms with E-state index >= 15 is 0 Å². The Balaban J connectivity index is 1.78. The molecule has 2 heterocycles. The first-order chi connectivity index (χ1) is 9.47. The number of amides is 1. The van der Waals surface area contributed by atoms with Crippen molar-refractivity contribution in [1.29, 1.82) is 0 Å². The molecular formula is C14H26N4OS. The van der Waals surface area contributed by atoms with E-state index in [0.29, 0.717) is 17.8 Å². The van der Waals surface area contributed by atoms with Crippen molar-refractivity contribution < 1.29 is 4.79 Å². The van der Waals surface area contributed by atoms with Crippen LogP contribution in [0.1, 0.15) is 20.8 Å². The molecule has 20 heavy (non-hydrogen) atoms. The van der Waals surface area contributed by atoms with E-state index < -0.39 is 0 Å². The summed E-state index contributed by atoms with van der Waals surface area (Å²) < 4.78 is 0. The highest BCUT2D eigenvalue weighted by atomic mass is 32.2. The Morgan fingerprint density at radius 1 is 1.40 bits per heavy atom. The number of piperazine rings is 1. The molecule has 5 nitrogen and oxygen atoms in total. The molecular weight excluding hydrogens is 272 g/mol. The highest BCUT2D eigenvalue weighted by molar-refractivity contribution is 8.14. The first kappa shape index (κ1) is 15.6. The van der Waals surface area contributed by atoms with Crippen LogP contribution in [0, 0.1) is 0 Å². The predicted molar refractivity (Wildman–Crippen MR) is 85.3 cm³/mol. The second-order valence-corrected chi connectivity index (χ2v) is 7.33. The maximum absolute atomic E-state index is 12.2. The van der Waals surface area contributed by atoms with E-state index in [0.717, 1.165) is 32.7 Å². The number of hydrogen-bond donors (Lipinski definition) is 0. The van der Waals surface area contributed by atoms with Crippen LogP contribution in [-0.4, -0.2) is 83.4 Å². The van der Waals surface area contributed by atoms with E-state index in [1.54, 1.807) is 0 Å². The van der Waals surface area contributed by atoms with Crippen LogP contribution in [0.3, 0.4) is 0 Å². The van der Waals surface area contributed by atoms with Crippen molar-refractivity contribution in [2.45, 2.75) is 32.1 Å². The summed E-state index contributed by atoms with van der Waals surface area (Å²) in [5.41, 5.74) is 0. The Hall–Kier alpha value is -0.750. The largest absolute Gasteiger partial charge is 0.348 e. The lowest BCUT2D eigenvalue weighted by atomic mass is 10.3. The summed E-state index contributed by atoms with van der Waals surface area (Å²) in [4.78, 5) is 23.2. The zero-order valence-corrected chi connectivity index (χ0v) is 13.8. The SMILES string of the molecule is CC(C)N(C)CC(=O)N1CCN(C2=NC[C@H](C)S2)CC1. The molecule has 1 atom stereocenters. The van der Waals surface area contributed by atoms with E-state index in [-0.39, 0.29) is 5.91 Å². The van der Waals surface area contributed by atoms with Crippen molar-refractivity contribution in [2.24, 2.45) is 4.99 Å². The molecule has 1 saturated heterocycles. The van der Waals surface area contributed by atoms with Crippen LogP contribution < -0.4 is 0 Å². The quantitative estimate of drug-likeness (QED) is 0.778. The van der Waals surface area contributed by atoms with Crippen molar-refractivity contribution in [3.8, 4) is 0 Å². The smallest absolute Gasteiger partial charge is 0.236 e. The molecule has 0 aliphatic carbocycles. The van der Waals surface area contributed by atoms with Crippen LogP contribution in [0.25, 0.3) is 0 Å². The molecule has 114 valence electrons. The molecule has 2 rings (SSSR count). The maximum atomic E-state index is 12.2. The summed E-state index contributed by atoms with van der Waals surface area (Å²) >= 11 is 1.86. The maximum Gasteiger partial charge on any atom is 0.236 e. The summed E-state index contributed by atoms with van der Waals surface area (Å²) in [7, 11) is 2.00. The number of hydrogen-bond acceptors (Lipinski definition) is 5. The first-order valence-corrected chi connectivity index (χ1v) is 8.29. The van der Waals surface area contributed by atoms with Crippen molar-refractivity contribution in [3.63, 3.8) is 0 Å². The number of aliphatic imine (C=N–C) groups is 1. The van der Waals surface area contributed by atoms with Gasteiger partial charge in [-0.25, -0.2) is 0 Å². The summed E-state index contributed by atoms with van der Waals surface area (Å²) in [5.74, 6) is 0.246. The third-order valence-corrected chi connectivity index (χ3v) is 5.11. The molecule has 0 spiro atoms. The zero-order valence-electron chi connectivity index (χ0n) is 13.0. The van der Waals surface area contributed by atoms with Gasteiger partial charge < -0.3 is 9.80 Å². The fourth-order valence-corrected chi connectivity index (χ4v) is 3.27. The zero-order chi connectivity index (χ0) is 14.7. The van der Waals surface area contributed by atoms with Gasteiger partial charge in [0, 0.05) is 37.5 Å². The highest BCUT2D eigenvalue weighted by Gasteiger charge is 2.26. The fourth-order valence-electron chi connectivity index (χ4n) is 2.28. The minimum atomic E-state index is 0.246. The lowest BCUT2D eigenvalue weighted by Crippen LogP contribution is -2.52.